The number of nitrogens with zero attached hydrogens (tertiary/aromatic N) is 3. The number of amides is 1. The molecule has 0 saturated carbocycles. The number of benzene rings is 2. The van der Waals surface area contributed by atoms with Crippen LogP contribution in [0, 0.1) is 18.7 Å². The number of hydrogen-bond donors (Lipinski definition) is 0. The summed E-state index contributed by atoms with van der Waals surface area (Å²) in [5, 5.41) is 0. The van der Waals surface area contributed by atoms with Gasteiger partial charge in [-0.25, -0.2) is 9.37 Å². The minimum Gasteiger partial charge on any atom is -0.481 e. The predicted molar refractivity (Wildman–Crippen MR) is 122 cm³/mol. The first-order valence-corrected chi connectivity index (χ1v) is 11.3. The molecular formula is C26H30FN3O2. The molecule has 1 saturated heterocycles. The standard InChI is InChI=1S/C26H30FN3O2/c1-19-17-28-25(30(19)18-22-8-10-23(27)11-9-22)16-21-12-14-29(15-13-21)26(31)20(2)32-24-6-4-3-5-7-24/h3-11,17,20-21H,12-16,18H2,1-2H3. The Labute approximate surface area is 188 Å². The number of aromatic nitrogens is 2. The van der Waals surface area contributed by atoms with Gasteiger partial charge in [0.05, 0.1) is 0 Å². The van der Waals surface area contributed by atoms with Gasteiger partial charge < -0.3 is 14.2 Å². The summed E-state index contributed by atoms with van der Waals surface area (Å²) in [4.78, 5) is 19.4. The minimum absolute atomic E-state index is 0.0426. The fourth-order valence-electron chi connectivity index (χ4n) is 4.29. The third kappa shape index (κ3) is 5.36. The summed E-state index contributed by atoms with van der Waals surface area (Å²) in [7, 11) is 0. The van der Waals surface area contributed by atoms with Gasteiger partial charge in [-0.3, -0.25) is 4.79 Å². The third-order valence-electron chi connectivity index (χ3n) is 6.19. The summed E-state index contributed by atoms with van der Waals surface area (Å²) in [6, 6.07) is 16.1. The van der Waals surface area contributed by atoms with Crippen LogP contribution in [0.5, 0.6) is 5.75 Å². The topological polar surface area (TPSA) is 47.4 Å². The molecule has 168 valence electrons. The number of piperidine rings is 1. The SMILES string of the molecule is Cc1cnc(CC2CCN(C(=O)C(C)Oc3ccccc3)CC2)n1Cc1ccc(F)cc1. The van der Waals surface area contributed by atoms with E-state index in [2.05, 4.69) is 16.5 Å². The number of aryl methyl sites for hydroxylation is 1. The Morgan fingerprint density at radius 3 is 2.50 bits per heavy atom. The molecule has 4 rings (SSSR count). The van der Waals surface area contributed by atoms with E-state index in [0.29, 0.717) is 18.2 Å². The molecule has 5 nitrogen and oxygen atoms in total. The molecule has 0 radical (unpaired) electrons. The second kappa shape index (κ2) is 9.98. The Hall–Kier alpha value is -3.15. The van der Waals surface area contributed by atoms with Crippen molar-refractivity contribution in [3.05, 3.63) is 83.7 Å². The summed E-state index contributed by atoms with van der Waals surface area (Å²) in [6.07, 6.45) is 4.19. The van der Waals surface area contributed by atoms with Crippen LogP contribution in [0.3, 0.4) is 0 Å². The molecule has 0 aliphatic carbocycles. The lowest BCUT2D eigenvalue weighted by molar-refractivity contribution is -0.139. The van der Waals surface area contributed by atoms with E-state index in [-0.39, 0.29) is 11.7 Å². The van der Waals surface area contributed by atoms with Crippen molar-refractivity contribution in [1.82, 2.24) is 14.5 Å². The highest BCUT2D eigenvalue weighted by Crippen LogP contribution is 2.23. The van der Waals surface area contributed by atoms with E-state index >= 15 is 0 Å². The predicted octanol–water partition coefficient (Wildman–Crippen LogP) is 4.63. The smallest absolute Gasteiger partial charge is 0.263 e. The Kier molecular flexibility index (Phi) is 6.88. The van der Waals surface area contributed by atoms with E-state index in [0.717, 1.165) is 49.4 Å². The highest BCUT2D eigenvalue weighted by molar-refractivity contribution is 5.81. The van der Waals surface area contributed by atoms with Gasteiger partial charge in [0, 0.05) is 37.9 Å². The lowest BCUT2D eigenvalue weighted by Gasteiger charge is -2.33. The zero-order valence-electron chi connectivity index (χ0n) is 18.7. The summed E-state index contributed by atoms with van der Waals surface area (Å²) < 4.78 is 21.2. The molecule has 0 spiro atoms. The van der Waals surface area contributed by atoms with Gasteiger partial charge in [0.2, 0.25) is 0 Å². The molecule has 1 amide bonds. The molecule has 1 aliphatic rings. The summed E-state index contributed by atoms with van der Waals surface area (Å²) >= 11 is 0. The summed E-state index contributed by atoms with van der Waals surface area (Å²) in [5.74, 6) is 2.07. The van der Waals surface area contributed by atoms with Crippen LogP contribution < -0.4 is 4.74 Å². The van der Waals surface area contributed by atoms with Gasteiger partial charge in [-0.2, -0.15) is 0 Å². The van der Waals surface area contributed by atoms with Gasteiger partial charge in [0.1, 0.15) is 17.4 Å². The molecule has 3 aromatic rings. The third-order valence-corrected chi connectivity index (χ3v) is 6.19. The summed E-state index contributed by atoms with van der Waals surface area (Å²) in [6.45, 7) is 6.03. The highest BCUT2D eigenvalue weighted by atomic mass is 19.1. The van der Waals surface area contributed by atoms with Crippen molar-refractivity contribution in [2.45, 2.75) is 45.8 Å². The zero-order valence-corrected chi connectivity index (χ0v) is 18.7. The van der Waals surface area contributed by atoms with Crippen LogP contribution in [0.4, 0.5) is 4.39 Å². The first kappa shape index (κ1) is 22.1. The second-order valence-corrected chi connectivity index (χ2v) is 8.57. The largest absolute Gasteiger partial charge is 0.481 e. The molecular weight excluding hydrogens is 405 g/mol. The van der Waals surface area contributed by atoms with Gasteiger partial charge in [-0.05, 0) is 62.4 Å². The Morgan fingerprint density at radius 1 is 1.12 bits per heavy atom. The van der Waals surface area contributed by atoms with Gasteiger partial charge in [-0.15, -0.1) is 0 Å². The minimum atomic E-state index is -0.494. The van der Waals surface area contributed by atoms with Crippen molar-refractivity contribution in [3.63, 3.8) is 0 Å². The fourth-order valence-corrected chi connectivity index (χ4v) is 4.29. The maximum Gasteiger partial charge on any atom is 0.263 e. The highest BCUT2D eigenvalue weighted by Gasteiger charge is 2.28. The number of hydrogen-bond acceptors (Lipinski definition) is 3. The Balaban J connectivity index is 1.31. The summed E-state index contributed by atoms with van der Waals surface area (Å²) in [5.41, 5.74) is 2.16. The van der Waals surface area contributed by atoms with Gasteiger partial charge >= 0.3 is 0 Å². The van der Waals surface area contributed by atoms with E-state index in [1.54, 1.807) is 0 Å². The quantitative estimate of drug-likeness (QED) is 0.544. The van der Waals surface area contributed by atoms with Crippen LogP contribution in [0.25, 0.3) is 0 Å². The maximum absolute atomic E-state index is 13.2. The van der Waals surface area contributed by atoms with Crippen molar-refractivity contribution in [2.24, 2.45) is 5.92 Å². The van der Waals surface area contributed by atoms with Gasteiger partial charge in [0.15, 0.2) is 6.10 Å². The lowest BCUT2D eigenvalue weighted by Crippen LogP contribution is -2.45. The first-order valence-electron chi connectivity index (χ1n) is 11.3. The second-order valence-electron chi connectivity index (χ2n) is 8.57. The van der Waals surface area contributed by atoms with E-state index in [1.165, 1.54) is 12.1 Å². The molecule has 2 heterocycles. The van der Waals surface area contributed by atoms with E-state index in [9.17, 15) is 9.18 Å². The molecule has 0 N–H and O–H groups in total. The normalized spacial score (nSPS) is 15.5. The van der Waals surface area contributed by atoms with E-state index in [1.807, 2.05) is 60.5 Å². The average Bonchev–Trinajstić information content (AvgIpc) is 3.15. The molecule has 2 aromatic carbocycles. The number of carbonyl (C=O) groups excluding carboxylic acids is 1. The van der Waals surface area contributed by atoms with Crippen LogP contribution in [0.15, 0.2) is 60.8 Å². The number of para-hydroxylation sites is 1. The zero-order chi connectivity index (χ0) is 22.5. The van der Waals surface area contributed by atoms with E-state index in [4.69, 9.17) is 4.74 Å². The monoisotopic (exact) mass is 435 g/mol. The average molecular weight is 436 g/mol. The van der Waals surface area contributed by atoms with Crippen LogP contribution in [0.2, 0.25) is 0 Å². The lowest BCUT2D eigenvalue weighted by atomic mass is 9.93. The molecule has 1 aromatic heterocycles. The van der Waals surface area contributed by atoms with Crippen molar-refractivity contribution < 1.29 is 13.9 Å². The molecule has 1 fully saturated rings. The van der Waals surface area contributed by atoms with Crippen molar-refractivity contribution in [2.75, 3.05) is 13.1 Å². The van der Waals surface area contributed by atoms with Crippen molar-refractivity contribution >= 4 is 5.91 Å². The number of likely N-dealkylation sites (tertiary alicyclic amines) is 1. The number of rotatable bonds is 7. The first-order chi connectivity index (χ1) is 15.5. The molecule has 6 heteroatoms. The number of halogens is 1. The van der Waals surface area contributed by atoms with Crippen LogP contribution >= 0.6 is 0 Å². The Bertz CT molecular complexity index is 1020. The molecule has 32 heavy (non-hydrogen) atoms. The van der Waals surface area contributed by atoms with Crippen LogP contribution in [-0.2, 0) is 17.8 Å². The number of carbonyl (C=O) groups is 1. The van der Waals surface area contributed by atoms with Gasteiger partial charge in [-0.1, -0.05) is 30.3 Å². The molecule has 1 unspecified atom stereocenters. The van der Waals surface area contributed by atoms with Crippen molar-refractivity contribution in [1.29, 1.82) is 0 Å². The van der Waals surface area contributed by atoms with E-state index < -0.39 is 6.10 Å². The number of ether oxygens (including phenoxy) is 1. The van der Waals surface area contributed by atoms with Gasteiger partial charge in [0.25, 0.3) is 5.91 Å². The van der Waals surface area contributed by atoms with Crippen LogP contribution in [-0.4, -0.2) is 39.6 Å². The molecule has 1 atom stereocenters. The Morgan fingerprint density at radius 2 is 1.81 bits per heavy atom. The van der Waals surface area contributed by atoms with Crippen molar-refractivity contribution in [3.8, 4) is 5.75 Å². The molecule has 0 bridgehead atoms. The fraction of sp³-hybridized carbons (Fsp3) is 0.385. The maximum atomic E-state index is 13.2. The number of imidazole rings is 1. The van der Waals surface area contributed by atoms with Crippen LogP contribution in [0.1, 0.15) is 36.8 Å². The molecule has 1 aliphatic heterocycles.